The summed E-state index contributed by atoms with van der Waals surface area (Å²) in [5.74, 6) is 0. The minimum Gasteiger partial charge on any atom is -0.444 e. The predicted molar refractivity (Wildman–Crippen MR) is 54.7 cm³/mol. The minimum atomic E-state index is -0.442. The summed E-state index contributed by atoms with van der Waals surface area (Å²) < 4.78 is 5.22. The fourth-order valence-corrected chi connectivity index (χ4v) is 1.24. The Balaban J connectivity index is 2.51. The molecule has 0 aromatic carbocycles. The largest absolute Gasteiger partial charge is 0.444 e. The molecule has 1 rings (SSSR count). The third-order valence-corrected chi connectivity index (χ3v) is 1.99. The van der Waals surface area contributed by atoms with Gasteiger partial charge in [-0.1, -0.05) is 0 Å². The second-order valence-electron chi connectivity index (χ2n) is 4.64. The van der Waals surface area contributed by atoms with E-state index in [9.17, 15) is 4.79 Å². The topological polar surface area (TPSA) is 55.6 Å². The molecule has 0 bridgehead atoms. The number of carbonyl (C=O) groups is 1. The number of nitrogens with two attached hydrogens (primary N) is 1. The summed E-state index contributed by atoms with van der Waals surface area (Å²) in [6.45, 7) is 8.56. The van der Waals surface area contributed by atoms with E-state index in [1.807, 2.05) is 27.7 Å². The molecule has 1 aliphatic rings. The molecule has 0 radical (unpaired) electrons. The van der Waals surface area contributed by atoms with Gasteiger partial charge in [0.2, 0.25) is 0 Å². The van der Waals surface area contributed by atoms with Gasteiger partial charge >= 0.3 is 6.09 Å². The van der Waals surface area contributed by atoms with Gasteiger partial charge in [0.05, 0.1) is 6.54 Å². The van der Waals surface area contributed by atoms with Crippen molar-refractivity contribution in [3.05, 3.63) is 11.3 Å². The summed E-state index contributed by atoms with van der Waals surface area (Å²) in [5.41, 5.74) is 7.08. The zero-order valence-corrected chi connectivity index (χ0v) is 9.26. The van der Waals surface area contributed by atoms with Crippen molar-refractivity contribution in [2.75, 3.05) is 13.1 Å². The van der Waals surface area contributed by atoms with E-state index in [2.05, 4.69) is 0 Å². The molecule has 2 N–H and O–H groups in total. The first kappa shape index (κ1) is 10.9. The van der Waals surface area contributed by atoms with Crippen LogP contribution in [0.2, 0.25) is 0 Å². The van der Waals surface area contributed by atoms with Crippen molar-refractivity contribution in [2.45, 2.75) is 33.3 Å². The van der Waals surface area contributed by atoms with Crippen molar-refractivity contribution >= 4 is 6.09 Å². The Labute approximate surface area is 84.7 Å². The predicted octanol–water partition coefficient (Wildman–Crippen LogP) is 1.47. The van der Waals surface area contributed by atoms with Gasteiger partial charge in [-0.15, -0.1) is 0 Å². The molecule has 1 heterocycles. The maximum absolute atomic E-state index is 11.6. The van der Waals surface area contributed by atoms with Crippen molar-refractivity contribution in [3.8, 4) is 0 Å². The number of nitrogens with zero attached hydrogens (tertiary/aromatic N) is 1. The highest BCUT2D eigenvalue weighted by molar-refractivity contribution is 5.69. The lowest BCUT2D eigenvalue weighted by Gasteiger charge is -2.24. The highest BCUT2D eigenvalue weighted by Crippen LogP contribution is 2.16. The molecule has 80 valence electrons. The summed E-state index contributed by atoms with van der Waals surface area (Å²) in [6.07, 6.45) is -0.294. The van der Waals surface area contributed by atoms with E-state index < -0.39 is 5.60 Å². The summed E-state index contributed by atoms with van der Waals surface area (Å²) in [5, 5.41) is 0. The lowest BCUT2D eigenvalue weighted by molar-refractivity contribution is 0.0299. The van der Waals surface area contributed by atoms with Crippen LogP contribution in [-0.2, 0) is 4.74 Å². The van der Waals surface area contributed by atoms with Crippen LogP contribution in [0.4, 0.5) is 4.79 Å². The average molecular weight is 198 g/mol. The number of amides is 1. The zero-order valence-electron chi connectivity index (χ0n) is 9.26. The second-order valence-corrected chi connectivity index (χ2v) is 4.64. The number of carbonyl (C=O) groups excluding carboxylic acids is 1. The molecule has 14 heavy (non-hydrogen) atoms. The van der Waals surface area contributed by atoms with E-state index in [0.717, 1.165) is 11.3 Å². The summed E-state index contributed by atoms with van der Waals surface area (Å²) >= 11 is 0. The Kier molecular flexibility index (Phi) is 2.73. The minimum absolute atomic E-state index is 0.294. The molecule has 0 atom stereocenters. The van der Waals surface area contributed by atoms with E-state index in [-0.39, 0.29) is 6.09 Å². The Hall–Kier alpha value is -1.19. The normalized spacial score (nSPS) is 17.6. The Bertz CT molecular complexity index is 262. The number of hydrogen-bond donors (Lipinski definition) is 1. The molecule has 0 saturated heterocycles. The van der Waals surface area contributed by atoms with Gasteiger partial charge in [0.1, 0.15) is 5.60 Å². The van der Waals surface area contributed by atoms with E-state index in [1.54, 1.807) is 4.90 Å². The second kappa shape index (κ2) is 3.52. The number of ether oxygens (including phenoxy) is 1. The van der Waals surface area contributed by atoms with Crippen LogP contribution in [-0.4, -0.2) is 29.7 Å². The number of hydrogen-bond acceptors (Lipinski definition) is 3. The van der Waals surface area contributed by atoms with E-state index >= 15 is 0 Å². The molecular weight excluding hydrogens is 180 g/mol. The molecule has 1 aliphatic heterocycles. The summed E-state index contributed by atoms with van der Waals surface area (Å²) in [4.78, 5) is 13.2. The average Bonchev–Trinajstić information content (AvgIpc) is 2.28. The van der Waals surface area contributed by atoms with Crippen LogP contribution >= 0.6 is 0 Å². The molecular formula is C10H18N2O2. The Morgan fingerprint density at radius 3 is 2.36 bits per heavy atom. The molecule has 0 unspecified atom stereocenters. The van der Waals surface area contributed by atoms with Gasteiger partial charge in [0.15, 0.2) is 0 Å². The first-order valence-corrected chi connectivity index (χ1v) is 4.71. The van der Waals surface area contributed by atoms with E-state index in [1.165, 1.54) is 0 Å². The van der Waals surface area contributed by atoms with Crippen LogP contribution in [0, 0.1) is 0 Å². The Morgan fingerprint density at radius 2 is 2.00 bits per heavy atom. The Morgan fingerprint density at radius 1 is 1.43 bits per heavy atom. The van der Waals surface area contributed by atoms with Crippen molar-refractivity contribution in [1.82, 2.24) is 4.90 Å². The quantitative estimate of drug-likeness (QED) is 0.641. The maximum atomic E-state index is 11.6. The molecule has 0 saturated carbocycles. The van der Waals surface area contributed by atoms with Crippen LogP contribution in [0.5, 0.6) is 0 Å². The third-order valence-electron chi connectivity index (χ3n) is 1.99. The molecule has 4 nitrogen and oxygen atoms in total. The number of rotatable bonds is 0. The smallest absolute Gasteiger partial charge is 0.410 e. The van der Waals surface area contributed by atoms with Crippen LogP contribution in [0.25, 0.3) is 0 Å². The van der Waals surface area contributed by atoms with Crippen LogP contribution < -0.4 is 5.73 Å². The van der Waals surface area contributed by atoms with Crippen molar-refractivity contribution in [1.29, 1.82) is 0 Å². The first-order chi connectivity index (χ1) is 6.29. The van der Waals surface area contributed by atoms with Crippen LogP contribution in [0.1, 0.15) is 27.7 Å². The molecule has 0 aromatic heterocycles. The molecule has 4 heteroatoms. The molecule has 1 amide bonds. The van der Waals surface area contributed by atoms with Crippen LogP contribution in [0.3, 0.4) is 0 Å². The van der Waals surface area contributed by atoms with E-state index in [0.29, 0.717) is 13.1 Å². The summed E-state index contributed by atoms with van der Waals surface area (Å²) in [6, 6.07) is 0. The van der Waals surface area contributed by atoms with Gasteiger partial charge in [-0.3, -0.25) is 4.90 Å². The molecule has 0 fully saturated rings. The van der Waals surface area contributed by atoms with Crippen molar-refractivity contribution in [3.63, 3.8) is 0 Å². The zero-order chi connectivity index (χ0) is 10.9. The molecule has 0 aliphatic carbocycles. The highest BCUT2D eigenvalue weighted by Gasteiger charge is 2.26. The lowest BCUT2D eigenvalue weighted by Crippen LogP contribution is -2.36. The van der Waals surface area contributed by atoms with Gasteiger partial charge in [0, 0.05) is 12.2 Å². The van der Waals surface area contributed by atoms with Crippen LogP contribution in [0.15, 0.2) is 11.3 Å². The van der Waals surface area contributed by atoms with Gasteiger partial charge in [0.25, 0.3) is 0 Å². The summed E-state index contributed by atoms with van der Waals surface area (Å²) in [7, 11) is 0. The molecule has 0 aromatic rings. The first-order valence-electron chi connectivity index (χ1n) is 4.71. The van der Waals surface area contributed by atoms with Gasteiger partial charge < -0.3 is 10.5 Å². The lowest BCUT2D eigenvalue weighted by atomic mass is 10.2. The van der Waals surface area contributed by atoms with E-state index in [4.69, 9.17) is 10.5 Å². The fraction of sp³-hybridized carbons (Fsp3) is 0.700. The highest BCUT2D eigenvalue weighted by atomic mass is 16.6. The van der Waals surface area contributed by atoms with Crippen molar-refractivity contribution < 1.29 is 9.53 Å². The van der Waals surface area contributed by atoms with Crippen molar-refractivity contribution in [2.24, 2.45) is 5.73 Å². The van der Waals surface area contributed by atoms with Gasteiger partial charge in [-0.05, 0) is 33.3 Å². The fourth-order valence-electron chi connectivity index (χ4n) is 1.24. The standard InChI is InChI=1S/C10H18N2O2/c1-7-5-12(6-8(7)11)9(13)14-10(2,3)4/h5-6,11H2,1-4H3. The van der Waals surface area contributed by atoms with Gasteiger partial charge in [-0.25, -0.2) is 4.79 Å². The van der Waals surface area contributed by atoms with Gasteiger partial charge in [-0.2, -0.15) is 0 Å². The SMILES string of the molecule is CC1=C(N)CN(C(=O)OC(C)(C)C)C1. The monoisotopic (exact) mass is 198 g/mol. The molecule has 0 spiro atoms. The third kappa shape index (κ3) is 2.65. The maximum Gasteiger partial charge on any atom is 0.410 e.